The van der Waals surface area contributed by atoms with Gasteiger partial charge in [-0.15, -0.1) is 0 Å². The van der Waals surface area contributed by atoms with Crippen molar-refractivity contribution in [2.24, 2.45) is 0 Å². The van der Waals surface area contributed by atoms with Gasteiger partial charge < -0.3 is 29.8 Å². The summed E-state index contributed by atoms with van der Waals surface area (Å²) in [7, 11) is 4.46. The highest BCUT2D eigenvalue weighted by Crippen LogP contribution is 2.38. The predicted octanol–water partition coefficient (Wildman–Crippen LogP) is 6.41. The molecule has 5 aromatic rings. The van der Waals surface area contributed by atoms with Crippen LogP contribution in [-0.2, 0) is 0 Å². The van der Waals surface area contributed by atoms with Crippen LogP contribution < -0.4 is 24.8 Å². The van der Waals surface area contributed by atoms with Gasteiger partial charge >= 0.3 is 0 Å². The third kappa shape index (κ3) is 5.41. The van der Waals surface area contributed by atoms with Gasteiger partial charge in [0, 0.05) is 28.1 Å². The standard InChI is InChI=1S/C30H25ClN4O5/c1-38-24-13-19(14-25(39-2)27(24)40-3)30(37)33-21-15-22(31)26-23(16-21)34-28(35-26)17-9-11-20(12-10-17)32-29(36)18-7-5-4-6-8-18/h4-16H,1-3H3,(H,32,36)(H,33,37)(H,34,35). The summed E-state index contributed by atoms with van der Waals surface area (Å²) in [5, 5.41) is 6.10. The topological polar surface area (TPSA) is 115 Å². The van der Waals surface area contributed by atoms with Gasteiger partial charge in [0.25, 0.3) is 11.8 Å². The van der Waals surface area contributed by atoms with E-state index in [2.05, 4.69) is 20.6 Å². The molecular formula is C30H25ClN4O5. The minimum atomic E-state index is -0.387. The molecule has 0 atom stereocenters. The number of amides is 2. The molecule has 4 aromatic carbocycles. The number of aromatic nitrogens is 2. The fourth-order valence-corrected chi connectivity index (χ4v) is 4.47. The Balaban J connectivity index is 1.35. The Kier molecular flexibility index (Phi) is 7.56. The van der Waals surface area contributed by atoms with Gasteiger partial charge in [0.05, 0.1) is 31.9 Å². The quantitative estimate of drug-likeness (QED) is 0.203. The summed E-state index contributed by atoms with van der Waals surface area (Å²) in [4.78, 5) is 33.4. The molecule has 0 saturated carbocycles. The zero-order valence-electron chi connectivity index (χ0n) is 21.9. The molecule has 40 heavy (non-hydrogen) atoms. The SMILES string of the molecule is COc1cc(C(=O)Nc2cc(Cl)c3nc(-c4ccc(NC(=O)c5ccccc5)cc4)[nH]c3c2)cc(OC)c1OC. The highest BCUT2D eigenvalue weighted by Gasteiger charge is 2.18. The van der Waals surface area contributed by atoms with Crippen molar-refractivity contribution in [1.82, 2.24) is 9.97 Å². The van der Waals surface area contributed by atoms with E-state index >= 15 is 0 Å². The van der Waals surface area contributed by atoms with Gasteiger partial charge in [0.1, 0.15) is 11.3 Å². The van der Waals surface area contributed by atoms with Crippen LogP contribution in [0.25, 0.3) is 22.4 Å². The average Bonchev–Trinajstić information content (AvgIpc) is 3.42. The lowest BCUT2D eigenvalue weighted by atomic mass is 10.1. The highest BCUT2D eigenvalue weighted by molar-refractivity contribution is 6.35. The van der Waals surface area contributed by atoms with Crippen LogP contribution in [0.4, 0.5) is 11.4 Å². The number of imidazole rings is 1. The molecular weight excluding hydrogens is 532 g/mol. The van der Waals surface area contributed by atoms with Crippen molar-refractivity contribution in [3.8, 4) is 28.6 Å². The number of halogens is 1. The van der Waals surface area contributed by atoms with E-state index in [0.29, 0.717) is 61.6 Å². The van der Waals surface area contributed by atoms with Crippen LogP contribution in [-0.4, -0.2) is 43.1 Å². The molecule has 10 heteroatoms. The third-order valence-corrected chi connectivity index (χ3v) is 6.47. The number of nitrogens with zero attached hydrogens (tertiary/aromatic N) is 1. The first-order chi connectivity index (χ1) is 19.4. The molecule has 202 valence electrons. The average molecular weight is 557 g/mol. The van der Waals surface area contributed by atoms with E-state index in [0.717, 1.165) is 5.56 Å². The maximum atomic E-state index is 13.1. The minimum Gasteiger partial charge on any atom is -0.493 e. The van der Waals surface area contributed by atoms with Crippen LogP contribution in [0.2, 0.25) is 5.02 Å². The van der Waals surface area contributed by atoms with Crippen molar-refractivity contribution in [2.45, 2.75) is 0 Å². The number of hydrogen-bond acceptors (Lipinski definition) is 6. The van der Waals surface area contributed by atoms with Crippen LogP contribution in [0.1, 0.15) is 20.7 Å². The number of benzene rings is 4. The second-order valence-electron chi connectivity index (χ2n) is 8.71. The van der Waals surface area contributed by atoms with Crippen molar-refractivity contribution in [3.05, 3.63) is 95.0 Å². The molecule has 0 aliphatic heterocycles. The van der Waals surface area contributed by atoms with Gasteiger partial charge in [-0.1, -0.05) is 29.8 Å². The Morgan fingerprint density at radius 3 is 2.00 bits per heavy atom. The van der Waals surface area contributed by atoms with Crippen molar-refractivity contribution in [3.63, 3.8) is 0 Å². The lowest BCUT2D eigenvalue weighted by Gasteiger charge is -2.14. The van der Waals surface area contributed by atoms with Crippen LogP contribution in [0.15, 0.2) is 78.9 Å². The predicted molar refractivity (Wildman–Crippen MR) is 155 cm³/mol. The Morgan fingerprint density at radius 2 is 1.38 bits per heavy atom. The van der Waals surface area contributed by atoms with Gasteiger partial charge in [0.2, 0.25) is 5.75 Å². The molecule has 9 nitrogen and oxygen atoms in total. The highest BCUT2D eigenvalue weighted by atomic mass is 35.5. The Morgan fingerprint density at radius 1 is 0.750 bits per heavy atom. The van der Waals surface area contributed by atoms with Crippen molar-refractivity contribution in [1.29, 1.82) is 0 Å². The van der Waals surface area contributed by atoms with E-state index < -0.39 is 0 Å². The molecule has 0 fully saturated rings. The lowest BCUT2D eigenvalue weighted by molar-refractivity contribution is 0.101. The van der Waals surface area contributed by atoms with E-state index in [9.17, 15) is 9.59 Å². The monoisotopic (exact) mass is 556 g/mol. The molecule has 0 bridgehead atoms. The van der Waals surface area contributed by atoms with Crippen LogP contribution in [0, 0.1) is 0 Å². The van der Waals surface area contributed by atoms with E-state index in [-0.39, 0.29) is 11.8 Å². The first-order valence-electron chi connectivity index (χ1n) is 12.2. The van der Waals surface area contributed by atoms with Crippen LogP contribution in [0.5, 0.6) is 17.2 Å². The number of methoxy groups -OCH3 is 3. The first kappa shape index (κ1) is 26.6. The molecule has 1 aromatic heterocycles. The molecule has 0 saturated heterocycles. The maximum absolute atomic E-state index is 13.1. The zero-order chi connectivity index (χ0) is 28.2. The number of hydrogen-bond donors (Lipinski definition) is 3. The van der Waals surface area contributed by atoms with Gasteiger partial charge in [-0.05, 0) is 60.7 Å². The van der Waals surface area contributed by atoms with E-state index in [1.165, 1.54) is 21.3 Å². The number of nitrogens with one attached hydrogen (secondary N) is 3. The summed E-state index contributed by atoms with van der Waals surface area (Å²) in [6, 6.07) is 22.8. The maximum Gasteiger partial charge on any atom is 0.255 e. The second kappa shape index (κ2) is 11.4. The van der Waals surface area contributed by atoms with Gasteiger partial charge in [0.15, 0.2) is 11.5 Å². The summed E-state index contributed by atoms with van der Waals surface area (Å²) in [6.07, 6.45) is 0. The lowest BCUT2D eigenvalue weighted by Crippen LogP contribution is -2.12. The molecule has 0 radical (unpaired) electrons. The largest absolute Gasteiger partial charge is 0.493 e. The smallest absolute Gasteiger partial charge is 0.255 e. The van der Waals surface area contributed by atoms with Crippen molar-refractivity contribution < 1.29 is 23.8 Å². The number of carbonyl (C=O) groups is 2. The summed E-state index contributed by atoms with van der Waals surface area (Å²) in [5.41, 5.74) is 4.03. The van der Waals surface area contributed by atoms with Gasteiger partial charge in [-0.2, -0.15) is 0 Å². The van der Waals surface area contributed by atoms with Crippen LogP contribution in [0.3, 0.4) is 0 Å². The molecule has 0 aliphatic rings. The van der Waals surface area contributed by atoms with Gasteiger partial charge in [-0.3, -0.25) is 9.59 Å². The summed E-state index contributed by atoms with van der Waals surface area (Å²) in [5.74, 6) is 1.13. The molecule has 3 N–H and O–H groups in total. The van der Waals surface area contributed by atoms with E-state index in [1.807, 2.05) is 30.3 Å². The summed E-state index contributed by atoms with van der Waals surface area (Å²) in [6.45, 7) is 0. The number of anilines is 2. The van der Waals surface area contributed by atoms with E-state index in [4.69, 9.17) is 25.8 Å². The Labute approximate surface area is 235 Å². The Hall–Kier alpha value is -5.02. The minimum absolute atomic E-state index is 0.190. The number of fused-ring (bicyclic) bond motifs is 1. The van der Waals surface area contributed by atoms with E-state index in [1.54, 1.807) is 48.5 Å². The third-order valence-electron chi connectivity index (χ3n) is 6.18. The fourth-order valence-electron chi connectivity index (χ4n) is 4.20. The number of aromatic amines is 1. The number of rotatable bonds is 8. The molecule has 2 amide bonds. The molecule has 5 rings (SSSR count). The zero-order valence-corrected chi connectivity index (χ0v) is 22.6. The van der Waals surface area contributed by atoms with Crippen molar-refractivity contribution in [2.75, 3.05) is 32.0 Å². The molecule has 0 spiro atoms. The fraction of sp³-hybridized carbons (Fsp3) is 0.100. The Bertz CT molecular complexity index is 1680. The molecule has 1 heterocycles. The first-order valence-corrected chi connectivity index (χ1v) is 12.6. The second-order valence-corrected chi connectivity index (χ2v) is 9.11. The van der Waals surface area contributed by atoms with Gasteiger partial charge in [-0.25, -0.2) is 4.98 Å². The summed E-state index contributed by atoms with van der Waals surface area (Å²) < 4.78 is 16.0. The molecule has 0 unspecified atom stereocenters. The normalized spacial score (nSPS) is 10.7. The summed E-state index contributed by atoms with van der Waals surface area (Å²) >= 11 is 6.53. The van der Waals surface area contributed by atoms with Crippen molar-refractivity contribution >= 4 is 45.8 Å². The number of ether oxygens (including phenoxy) is 3. The molecule has 0 aliphatic carbocycles. The number of carbonyl (C=O) groups excluding carboxylic acids is 2. The number of H-pyrrole nitrogens is 1. The van der Waals surface area contributed by atoms with Crippen LogP contribution >= 0.6 is 11.6 Å².